The summed E-state index contributed by atoms with van der Waals surface area (Å²) in [6.45, 7) is 0. The minimum Gasteiger partial charge on any atom is -0.619 e. The van der Waals surface area contributed by atoms with Gasteiger partial charge in [-0.1, -0.05) is 11.6 Å². The molecule has 0 radical (unpaired) electrons. The second-order valence-electron chi connectivity index (χ2n) is 2.18. The molecule has 0 aliphatic rings. The Morgan fingerprint density at radius 2 is 1.73 bits per heavy atom. The number of aromatic nitrogens is 1. The van der Waals surface area contributed by atoms with Crippen molar-refractivity contribution in [1.82, 2.24) is 0 Å². The lowest BCUT2D eigenvalue weighted by molar-refractivity contribution is -0.605. The van der Waals surface area contributed by atoms with Crippen LogP contribution in [0.2, 0.25) is 5.02 Å². The van der Waals surface area contributed by atoms with Crippen molar-refractivity contribution in [3.8, 4) is 0 Å². The molecular formula is C7H5ClF3NO3. The summed E-state index contributed by atoms with van der Waals surface area (Å²) in [5.74, 6) is -2.76. The summed E-state index contributed by atoms with van der Waals surface area (Å²) in [5, 5.41) is 18.0. The van der Waals surface area contributed by atoms with E-state index in [4.69, 9.17) is 21.5 Å². The van der Waals surface area contributed by atoms with Gasteiger partial charge in [-0.3, -0.25) is 0 Å². The molecular weight excluding hydrogens is 239 g/mol. The summed E-state index contributed by atoms with van der Waals surface area (Å²) in [4.78, 5) is 8.90. The largest absolute Gasteiger partial charge is 0.619 e. The van der Waals surface area contributed by atoms with Gasteiger partial charge in [-0.2, -0.15) is 17.9 Å². The molecule has 1 heterocycles. The number of carboxylic acids is 1. The molecule has 4 nitrogen and oxygen atoms in total. The molecule has 1 aromatic heterocycles. The molecule has 0 saturated heterocycles. The van der Waals surface area contributed by atoms with Gasteiger partial charge in [0.15, 0.2) is 12.4 Å². The highest BCUT2D eigenvalue weighted by molar-refractivity contribution is 6.30. The van der Waals surface area contributed by atoms with Crippen LogP contribution in [0, 0.1) is 5.21 Å². The van der Waals surface area contributed by atoms with Crippen molar-refractivity contribution in [2.24, 2.45) is 0 Å². The topological polar surface area (TPSA) is 64.2 Å². The third-order valence-electron chi connectivity index (χ3n) is 1.00. The molecule has 1 N–H and O–H groups in total. The first-order valence-electron chi connectivity index (χ1n) is 3.38. The van der Waals surface area contributed by atoms with Crippen LogP contribution < -0.4 is 4.73 Å². The van der Waals surface area contributed by atoms with Gasteiger partial charge < -0.3 is 10.3 Å². The predicted octanol–water partition coefficient (Wildman–Crippen LogP) is 1.61. The number of pyridine rings is 1. The SMILES string of the molecule is O=C(O)C(F)(F)F.[O-][n+]1ccc(Cl)cc1. The van der Waals surface area contributed by atoms with Crippen LogP contribution in [0.15, 0.2) is 24.5 Å². The highest BCUT2D eigenvalue weighted by atomic mass is 35.5. The fourth-order valence-corrected chi connectivity index (χ4v) is 0.507. The van der Waals surface area contributed by atoms with Crippen molar-refractivity contribution < 1.29 is 27.8 Å². The van der Waals surface area contributed by atoms with E-state index in [-0.39, 0.29) is 0 Å². The quantitative estimate of drug-likeness (QED) is 0.556. The lowest BCUT2D eigenvalue weighted by Gasteiger charge is -1.93. The molecule has 0 amide bonds. The van der Waals surface area contributed by atoms with Crippen LogP contribution in [-0.4, -0.2) is 17.3 Å². The van der Waals surface area contributed by atoms with E-state index in [0.29, 0.717) is 9.75 Å². The van der Waals surface area contributed by atoms with E-state index >= 15 is 0 Å². The van der Waals surface area contributed by atoms with Crippen LogP contribution >= 0.6 is 11.6 Å². The number of aliphatic carboxylic acids is 1. The number of hydrogen-bond donors (Lipinski definition) is 1. The molecule has 1 aromatic rings. The molecule has 0 aliphatic heterocycles. The molecule has 0 bridgehead atoms. The number of rotatable bonds is 0. The van der Waals surface area contributed by atoms with Crippen molar-refractivity contribution in [2.75, 3.05) is 0 Å². The minimum atomic E-state index is -5.08. The normalized spacial score (nSPS) is 10.1. The highest BCUT2D eigenvalue weighted by Gasteiger charge is 2.38. The Balaban J connectivity index is 0.000000265. The number of halogens is 4. The summed E-state index contributed by atoms with van der Waals surface area (Å²) in [6.07, 6.45) is -2.38. The summed E-state index contributed by atoms with van der Waals surface area (Å²) < 4.78 is 32.4. The average molecular weight is 244 g/mol. The Morgan fingerprint density at radius 1 is 1.40 bits per heavy atom. The molecule has 0 aliphatic carbocycles. The molecule has 1 rings (SSSR count). The third kappa shape index (κ3) is 6.55. The zero-order chi connectivity index (χ0) is 12.1. The van der Waals surface area contributed by atoms with Gasteiger partial charge in [0, 0.05) is 12.1 Å². The standard InChI is InChI=1S/C5H4ClNO.C2HF3O2/c6-5-1-3-7(8)4-2-5;3-2(4,5)1(6)7/h1-4H;(H,6,7). The van der Waals surface area contributed by atoms with E-state index in [0.717, 1.165) is 0 Å². The maximum Gasteiger partial charge on any atom is 0.490 e. The number of hydrogen-bond acceptors (Lipinski definition) is 2. The van der Waals surface area contributed by atoms with Crippen molar-refractivity contribution in [2.45, 2.75) is 6.18 Å². The Hall–Kier alpha value is -1.50. The van der Waals surface area contributed by atoms with E-state index in [1.54, 1.807) is 0 Å². The van der Waals surface area contributed by atoms with Gasteiger partial charge in [0.1, 0.15) is 0 Å². The predicted molar refractivity (Wildman–Crippen MR) is 44.1 cm³/mol. The molecule has 0 aromatic carbocycles. The summed E-state index contributed by atoms with van der Waals surface area (Å²) in [5.41, 5.74) is 0. The van der Waals surface area contributed by atoms with Crippen molar-refractivity contribution >= 4 is 17.6 Å². The van der Waals surface area contributed by atoms with Crippen LogP contribution in [0.4, 0.5) is 13.2 Å². The molecule has 0 saturated carbocycles. The van der Waals surface area contributed by atoms with Crippen molar-refractivity contribution in [1.29, 1.82) is 0 Å². The maximum atomic E-state index is 10.6. The zero-order valence-electron chi connectivity index (χ0n) is 7.03. The van der Waals surface area contributed by atoms with Gasteiger partial charge in [0.25, 0.3) is 0 Å². The number of nitrogens with zero attached hydrogens (tertiary/aromatic N) is 1. The Morgan fingerprint density at radius 3 is 1.93 bits per heavy atom. The molecule has 15 heavy (non-hydrogen) atoms. The van der Waals surface area contributed by atoms with E-state index in [2.05, 4.69) is 0 Å². The Labute approximate surface area is 87.1 Å². The molecule has 0 fully saturated rings. The van der Waals surface area contributed by atoms with Gasteiger partial charge in [0.05, 0.1) is 5.02 Å². The van der Waals surface area contributed by atoms with Gasteiger partial charge in [0.2, 0.25) is 0 Å². The van der Waals surface area contributed by atoms with E-state index < -0.39 is 12.1 Å². The smallest absolute Gasteiger partial charge is 0.490 e. The second-order valence-corrected chi connectivity index (χ2v) is 2.62. The fourth-order valence-electron chi connectivity index (χ4n) is 0.395. The fraction of sp³-hybridized carbons (Fsp3) is 0.143. The first-order chi connectivity index (χ1) is 6.73. The van der Waals surface area contributed by atoms with Gasteiger partial charge in [-0.25, -0.2) is 4.79 Å². The van der Waals surface area contributed by atoms with Crippen LogP contribution in [0.25, 0.3) is 0 Å². The molecule has 0 unspecified atom stereocenters. The number of carboxylic acid groups (broad SMARTS) is 1. The first-order valence-corrected chi connectivity index (χ1v) is 3.75. The Kier molecular flexibility index (Phi) is 4.86. The highest BCUT2D eigenvalue weighted by Crippen LogP contribution is 2.13. The third-order valence-corrected chi connectivity index (χ3v) is 1.26. The second kappa shape index (κ2) is 5.40. The molecule has 84 valence electrons. The van der Waals surface area contributed by atoms with Gasteiger partial charge >= 0.3 is 12.1 Å². The molecule has 0 atom stereocenters. The van der Waals surface area contributed by atoms with Crippen molar-refractivity contribution in [3.05, 3.63) is 34.8 Å². The first kappa shape index (κ1) is 13.5. The van der Waals surface area contributed by atoms with Gasteiger partial charge in [-0.15, -0.1) is 0 Å². The van der Waals surface area contributed by atoms with Crippen LogP contribution in [0.5, 0.6) is 0 Å². The molecule has 0 spiro atoms. The van der Waals surface area contributed by atoms with Crippen LogP contribution in [-0.2, 0) is 4.79 Å². The van der Waals surface area contributed by atoms with Crippen LogP contribution in [0.3, 0.4) is 0 Å². The lowest BCUT2D eigenvalue weighted by Crippen LogP contribution is -2.23. The monoisotopic (exact) mass is 243 g/mol. The van der Waals surface area contributed by atoms with Crippen molar-refractivity contribution in [3.63, 3.8) is 0 Å². The lowest BCUT2D eigenvalue weighted by atomic mass is 10.5. The summed E-state index contributed by atoms with van der Waals surface area (Å²) in [6, 6.07) is 3.07. The van der Waals surface area contributed by atoms with E-state index in [9.17, 15) is 18.4 Å². The zero-order valence-corrected chi connectivity index (χ0v) is 7.79. The average Bonchev–Trinajstić information content (AvgIpc) is 2.09. The number of carbonyl (C=O) groups is 1. The van der Waals surface area contributed by atoms with Gasteiger partial charge in [-0.05, 0) is 0 Å². The summed E-state index contributed by atoms with van der Waals surface area (Å²) in [7, 11) is 0. The molecule has 8 heteroatoms. The summed E-state index contributed by atoms with van der Waals surface area (Å²) >= 11 is 5.46. The minimum absolute atomic E-state index is 0.581. The van der Waals surface area contributed by atoms with E-state index in [1.807, 2.05) is 0 Å². The number of alkyl halides is 3. The van der Waals surface area contributed by atoms with Crippen LogP contribution in [0.1, 0.15) is 0 Å². The Bertz CT molecular complexity index is 304. The van der Waals surface area contributed by atoms with E-state index in [1.165, 1.54) is 24.5 Å². The maximum absolute atomic E-state index is 10.6.